The van der Waals surface area contributed by atoms with Gasteiger partial charge in [-0.3, -0.25) is 14.5 Å². The zero-order valence-corrected chi connectivity index (χ0v) is 11.9. The molecule has 1 saturated heterocycles. The minimum absolute atomic E-state index is 0.0675. The molecule has 6 nitrogen and oxygen atoms in total. The van der Waals surface area contributed by atoms with Crippen LogP contribution in [0.5, 0.6) is 0 Å². The Morgan fingerprint density at radius 3 is 2.37 bits per heavy atom. The average molecular weight is 270 g/mol. The molecule has 1 aliphatic heterocycles. The second-order valence-electron chi connectivity index (χ2n) is 5.76. The summed E-state index contributed by atoms with van der Waals surface area (Å²) in [5.41, 5.74) is 11.0. The number of likely N-dealkylation sites (tertiary alicyclic amines) is 1. The molecule has 1 aliphatic rings. The topological polar surface area (TPSA) is 101 Å². The number of nitrogens with one attached hydrogen (secondary N) is 1. The highest BCUT2D eigenvalue weighted by molar-refractivity contribution is 5.81. The van der Waals surface area contributed by atoms with Crippen LogP contribution in [0.2, 0.25) is 0 Å². The van der Waals surface area contributed by atoms with Gasteiger partial charge in [-0.25, -0.2) is 0 Å². The molecule has 1 heterocycles. The van der Waals surface area contributed by atoms with E-state index in [9.17, 15) is 9.59 Å². The van der Waals surface area contributed by atoms with Crippen LogP contribution in [0.15, 0.2) is 0 Å². The molecule has 0 unspecified atom stereocenters. The lowest BCUT2D eigenvalue weighted by Gasteiger charge is -2.32. The summed E-state index contributed by atoms with van der Waals surface area (Å²) in [7, 11) is 0. The van der Waals surface area contributed by atoms with Gasteiger partial charge >= 0.3 is 0 Å². The molecule has 1 rings (SSSR count). The quantitative estimate of drug-likeness (QED) is 0.601. The van der Waals surface area contributed by atoms with Gasteiger partial charge in [-0.2, -0.15) is 0 Å². The minimum atomic E-state index is -0.427. The van der Waals surface area contributed by atoms with Gasteiger partial charge in [0.1, 0.15) is 0 Å². The fourth-order valence-corrected chi connectivity index (χ4v) is 2.38. The number of amides is 2. The summed E-state index contributed by atoms with van der Waals surface area (Å²) in [4.78, 5) is 24.7. The van der Waals surface area contributed by atoms with Crippen LogP contribution >= 0.6 is 0 Å². The van der Waals surface area contributed by atoms with Crippen molar-refractivity contribution < 1.29 is 9.59 Å². The van der Waals surface area contributed by atoms with Crippen molar-refractivity contribution in [1.82, 2.24) is 10.2 Å². The van der Waals surface area contributed by atoms with Crippen molar-refractivity contribution in [2.24, 2.45) is 17.4 Å². The van der Waals surface area contributed by atoms with E-state index in [0.717, 1.165) is 25.9 Å². The Morgan fingerprint density at radius 2 is 1.89 bits per heavy atom. The summed E-state index contributed by atoms with van der Waals surface area (Å²) in [5, 5.41) is 2.99. The summed E-state index contributed by atoms with van der Waals surface area (Å²) in [6, 6.07) is -0.265. The third-order valence-corrected chi connectivity index (χ3v) is 3.38. The number of rotatable bonds is 6. The second-order valence-corrected chi connectivity index (χ2v) is 5.76. The molecule has 1 atom stereocenters. The number of primary amides is 1. The van der Waals surface area contributed by atoms with E-state index in [0.29, 0.717) is 18.9 Å². The summed E-state index contributed by atoms with van der Waals surface area (Å²) >= 11 is 0. The van der Waals surface area contributed by atoms with Crippen LogP contribution in [-0.2, 0) is 9.59 Å². The number of carbonyl (C=O) groups excluding carboxylic acids is 2. The number of piperidine rings is 1. The van der Waals surface area contributed by atoms with E-state index in [1.165, 1.54) is 0 Å². The first-order valence-electron chi connectivity index (χ1n) is 6.95. The van der Waals surface area contributed by atoms with Crippen molar-refractivity contribution in [3.63, 3.8) is 0 Å². The highest BCUT2D eigenvalue weighted by Crippen LogP contribution is 2.10. The Hall–Kier alpha value is -1.14. The van der Waals surface area contributed by atoms with E-state index in [-0.39, 0.29) is 17.9 Å². The molecule has 0 aliphatic carbocycles. The largest absolute Gasteiger partial charge is 0.369 e. The first kappa shape index (κ1) is 15.9. The monoisotopic (exact) mass is 270 g/mol. The Kier molecular flexibility index (Phi) is 6.24. The van der Waals surface area contributed by atoms with Crippen molar-refractivity contribution >= 4 is 11.8 Å². The predicted octanol–water partition coefficient (Wildman–Crippen LogP) is -0.574. The van der Waals surface area contributed by atoms with E-state index in [4.69, 9.17) is 11.5 Å². The first-order chi connectivity index (χ1) is 8.88. The lowest BCUT2D eigenvalue weighted by molar-refractivity contribution is -0.124. The SMILES string of the molecule is CC(C)C[C@H](N)C(=O)NC1CCN(CC(N)=O)CC1. The summed E-state index contributed by atoms with van der Waals surface area (Å²) in [5.74, 6) is 0.0432. The Labute approximate surface area is 114 Å². The molecule has 1 fully saturated rings. The molecule has 0 spiro atoms. The van der Waals surface area contributed by atoms with Gasteiger partial charge in [-0.05, 0) is 25.2 Å². The van der Waals surface area contributed by atoms with Gasteiger partial charge in [0, 0.05) is 19.1 Å². The highest BCUT2D eigenvalue weighted by Gasteiger charge is 2.23. The molecule has 19 heavy (non-hydrogen) atoms. The van der Waals surface area contributed by atoms with Crippen molar-refractivity contribution in [3.05, 3.63) is 0 Å². The first-order valence-corrected chi connectivity index (χ1v) is 6.95. The zero-order valence-electron chi connectivity index (χ0n) is 11.9. The smallest absolute Gasteiger partial charge is 0.237 e. The van der Waals surface area contributed by atoms with Crippen molar-refractivity contribution in [2.75, 3.05) is 19.6 Å². The van der Waals surface area contributed by atoms with Crippen molar-refractivity contribution in [2.45, 2.75) is 45.2 Å². The van der Waals surface area contributed by atoms with E-state index < -0.39 is 6.04 Å². The molecule has 0 bridgehead atoms. The standard InChI is InChI=1S/C13H26N4O2/c1-9(2)7-11(14)13(19)16-10-3-5-17(6-4-10)8-12(15)18/h9-11H,3-8,14H2,1-2H3,(H2,15,18)(H,16,19)/t11-/m0/s1. The normalized spacial score (nSPS) is 19.4. The van der Waals surface area contributed by atoms with Gasteiger partial charge in [0.15, 0.2) is 0 Å². The second kappa shape index (κ2) is 7.45. The number of hydrogen-bond donors (Lipinski definition) is 3. The molecule has 110 valence electrons. The molecule has 6 heteroatoms. The van der Waals surface area contributed by atoms with Crippen LogP contribution in [0, 0.1) is 5.92 Å². The molecule has 0 aromatic heterocycles. The molecular weight excluding hydrogens is 244 g/mol. The Morgan fingerprint density at radius 1 is 1.32 bits per heavy atom. The van der Waals surface area contributed by atoms with E-state index >= 15 is 0 Å². The molecule has 0 aromatic rings. The molecular formula is C13H26N4O2. The number of hydrogen-bond acceptors (Lipinski definition) is 4. The Balaban J connectivity index is 2.28. The number of nitrogens with two attached hydrogens (primary N) is 2. The van der Waals surface area contributed by atoms with Crippen LogP contribution in [0.25, 0.3) is 0 Å². The molecule has 0 aromatic carbocycles. The van der Waals surface area contributed by atoms with Crippen LogP contribution in [0.3, 0.4) is 0 Å². The molecule has 5 N–H and O–H groups in total. The summed E-state index contributed by atoms with van der Waals surface area (Å²) < 4.78 is 0. The van der Waals surface area contributed by atoms with Gasteiger partial charge in [0.05, 0.1) is 12.6 Å². The van der Waals surface area contributed by atoms with Crippen molar-refractivity contribution in [3.8, 4) is 0 Å². The van der Waals surface area contributed by atoms with E-state index in [1.807, 2.05) is 4.90 Å². The van der Waals surface area contributed by atoms with Crippen LogP contribution in [-0.4, -0.2) is 48.4 Å². The maximum atomic E-state index is 11.9. The fourth-order valence-electron chi connectivity index (χ4n) is 2.38. The van der Waals surface area contributed by atoms with Gasteiger partial charge in [0.2, 0.25) is 11.8 Å². The van der Waals surface area contributed by atoms with Crippen LogP contribution in [0.4, 0.5) is 0 Å². The Bertz CT molecular complexity index is 312. The molecule has 0 radical (unpaired) electrons. The highest BCUT2D eigenvalue weighted by atomic mass is 16.2. The number of nitrogens with zero attached hydrogens (tertiary/aromatic N) is 1. The van der Waals surface area contributed by atoms with Gasteiger partial charge in [-0.15, -0.1) is 0 Å². The predicted molar refractivity (Wildman–Crippen MR) is 74.2 cm³/mol. The van der Waals surface area contributed by atoms with Crippen molar-refractivity contribution in [1.29, 1.82) is 0 Å². The molecule has 2 amide bonds. The summed E-state index contributed by atoms with van der Waals surface area (Å²) in [6.45, 7) is 5.97. The third kappa shape index (κ3) is 6.02. The van der Waals surface area contributed by atoms with Gasteiger partial charge in [0.25, 0.3) is 0 Å². The lowest BCUT2D eigenvalue weighted by Crippen LogP contribution is -2.50. The van der Waals surface area contributed by atoms with Gasteiger partial charge < -0.3 is 16.8 Å². The lowest BCUT2D eigenvalue weighted by atomic mass is 10.0. The minimum Gasteiger partial charge on any atom is -0.369 e. The average Bonchev–Trinajstić information content (AvgIpc) is 2.30. The van der Waals surface area contributed by atoms with Crippen LogP contribution in [0.1, 0.15) is 33.1 Å². The maximum absolute atomic E-state index is 11.9. The fraction of sp³-hybridized carbons (Fsp3) is 0.846. The maximum Gasteiger partial charge on any atom is 0.237 e. The number of carbonyl (C=O) groups is 2. The summed E-state index contributed by atoms with van der Waals surface area (Å²) in [6.07, 6.45) is 2.38. The third-order valence-electron chi connectivity index (χ3n) is 3.38. The van der Waals surface area contributed by atoms with Crippen LogP contribution < -0.4 is 16.8 Å². The zero-order chi connectivity index (χ0) is 14.4. The van der Waals surface area contributed by atoms with E-state index in [1.54, 1.807) is 0 Å². The van der Waals surface area contributed by atoms with E-state index in [2.05, 4.69) is 19.2 Å². The molecule has 0 saturated carbocycles. The van der Waals surface area contributed by atoms with Gasteiger partial charge in [-0.1, -0.05) is 13.8 Å².